The van der Waals surface area contributed by atoms with Crippen molar-refractivity contribution < 1.29 is 9.84 Å². The van der Waals surface area contributed by atoms with Crippen LogP contribution < -0.4 is 4.74 Å². The van der Waals surface area contributed by atoms with E-state index in [-0.39, 0.29) is 0 Å². The van der Waals surface area contributed by atoms with Crippen molar-refractivity contribution in [2.75, 3.05) is 7.11 Å². The maximum absolute atomic E-state index is 9.98. The summed E-state index contributed by atoms with van der Waals surface area (Å²) in [5, 5.41) is 22.6. The Balaban J connectivity index is 1.95. The number of benzene rings is 1. The topological polar surface area (TPSA) is 73.1 Å². The van der Waals surface area contributed by atoms with Gasteiger partial charge in [0.15, 0.2) is 0 Å². The molecule has 2 aromatic rings. The number of aliphatic hydroxyl groups is 1. The number of nitrogens with zero attached hydrogens (tertiary/aromatic N) is 4. The van der Waals surface area contributed by atoms with Gasteiger partial charge in [0.1, 0.15) is 5.75 Å². The fourth-order valence-electron chi connectivity index (χ4n) is 2.10. The van der Waals surface area contributed by atoms with Gasteiger partial charge in [-0.2, -0.15) is 0 Å². The zero-order chi connectivity index (χ0) is 14.1. The molecular weight excluding hydrogens is 276 g/mol. The lowest BCUT2D eigenvalue weighted by Gasteiger charge is -2.15. The van der Waals surface area contributed by atoms with Crippen LogP contribution in [0.1, 0.15) is 37.5 Å². The minimum atomic E-state index is -0.612. The summed E-state index contributed by atoms with van der Waals surface area (Å²) in [7, 11) is 1.60. The molecule has 0 spiro atoms. The van der Waals surface area contributed by atoms with E-state index in [1.807, 2.05) is 22.9 Å². The van der Waals surface area contributed by atoms with Crippen molar-refractivity contribution in [1.82, 2.24) is 20.2 Å². The second-order valence-corrected chi connectivity index (χ2v) is 5.80. The molecule has 0 bridgehead atoms. The highest BCUT2D eigenvalue weighted by atomic mass is 32.2. The van der Waals surface area contributed by atoms with E-state index in [0.29, 0.717) is 11.8 Å². The molecule has 1 atom stereocenters. The number of hydrogen-bond acceptors (Lipinski definition) is 6. The Morgan fingerprint density at radius 1 is 1.45 bits per heavy atom. The molecule has 1 aromatic carbocycles. The molecule has 3 rings (SSSR count). The highest BCUT2D eigenvalue weighted by Gasteiger charge is 2.28. The average Bonchev–Trinajstić information content (AvgIpc) is 3.18. The predicted molar refractivity (Wildman–Crippen MR) is 73.8 cm³/mol. The molecule has 1 aliphatic carbocycles. The van der Waals surface area contributed by atoms with Crippen LogP contribution in [0.3, 0.4) is 0 Å². The number of aliphatic hydroxyl groups excluding tert-OH is 1. The minimum Gasteiger partial charge on any atom is -0.496 e. The van der Waals surface area contributed by atoms with Crippen molar-refractivity contribution in [2.24, 2.45) is 0 Å². The van der Waals surface area contributed by atoms with Gasteiger partial charge in [0, 0.05) is 10.5 Å². The van der Waals surface area contributed by atoms with E-state index >= 15 is 0 Å². The van der Waals surface area contributed by atoms with Crippen molar-refractivity contribution in [3.05, 3.63) is 23.8 Å². The van der Waals surface area contributed by atoms with Crippen LogP contribution in [0.2, 0.25) is 0 Å². The van der Waals surface area contributed by atoms with Crippen molar-refractivity contribution in [3.8, 4) is 5.75 Å². The molecule has 106 valence electrons. The second kappa shape index (κ2) is 5.41. The summed E-state index contributed by atoms with van der Waals surface area (Å²) < 4.78 is 7.18. The molecule has 1 aromatic heterocycles. The van der Waals surface area contributed by atoms with Crippen LogP contribution in [-0.4, -0.2) is 32.4 Å². The zero-order valence-electron chi connectivity index (χ0n) is 11.4. The van der Waals surface area contributed by atoms with Crippen molar-refractivity contribution in [1.29, 1.82) is 0 Å². The van der Waals surface area contributed by atoms with Crippen molar-refractivity contribution in [3.63, 3.8) is 0 Å². The van der Waals surface area contributed by atoms with E-state index in [9.17, 15) is 5.11 Å². The van der Waals surface area contributed by atoms with Gasteiger partial charge in [-0.3, -0.25) is 0 Å². The fraction of sp³-hybridized carbons (Fsp3) is 0.462. The number of rotatable bonds is 5. The van der Waals surface area contributed by atoms with E-state index in [1.54, 1.807) is 14.0 Å². The first kappa shape index (κ1) is 13.4. The van der Waals surface area contributed by atoms with E-state index < -0.39 is 6.10 Å². The smallest absolute Gasteiger partial charge is 0.214 e. The maximum Gasteiger partial charge on any atom is 0.214 e. The third-order valence-corrected chi connectivity index (χ3v) is 4.25. The Bertz CT molecular complexity index is 610. The lowest BCUT2D eigenvalue weighted by Crippen LogP contribution is -2.01. The molecule has 6 nitrogen and oxygen atoms in total. The lowest BCUT2D eigenvalue weighted by atomic mass is 10.1. The van der Waals surface area contributed by atoms with Crippen LogP contribution >= 0.6 is 11.8 Å². The Morgan fingerprint density at radius 2 is 2.25 bits per heavy atom. The minimum absolute atomic E-state index is 0.424. The second-order valence-electron chi connectivity index (χ2n) is 4.79. The Hall–Kier alpha value is -1.60. The Morgan fingerprint density at radius 3 is 2.90 bits per heavy atom. The summed E-state index contributed by atoms with van der Waals surface area (Å²) in [6.45, 7) is 1.73. The van der Waals surface area contributed by atoms with Gasteiger partial charge in [0.2, 0.25) is 5.16 Å². The summed E-state index contributed by atoms with van der Waals surface area (Å²) in [5.74, 6) is 0.676. The van der Waals surface area contributed by atoms with Crippen LogP contribution in [-0.2, 0) is 0 Å². The van der Waals surface area contributed by atoms with Gasteiger partial charge < -0.3 is 9.84 Å². The quantitative estimate of drug-likeness (QED) is 0.911. The highest BCUT2D eigenvalue weighted by Crippen LogP contribution is 2.41. The predicted octanol–water partition coefficient (Wildman–Crippen LogP) is 2.22. The molecule has 0 aliphatic heterocycles. The van der Waals surface area contributed by atoms with Gasteiger partial charge >= 0.3 is 0 Å². The number of ether oxygens (including phenoxy) is 1. The van der Waals surface area contributed by atoms with Crippen LogP contribution in [0.15, 0.2) is 28.3 Å². The van der Waals surface area contributed by atoms with Crippen LogP contribution in [0.5, 0.6) is 5.75 Å². The molecular formula is C13H16N4O2S. The molecule has 1 saturated carbocycles. The normalized spacial score (nSPS) is 16.1. The van der Waals surface area contributed by atoms with Gasteiger partial charge in [-0.15, -0.1) is 5.10 Å². The lowest BCUT2D eigenvalue weighted by molar-refractivity contribution is 0.191. The monoisotopic (exact) mass is 292 g/mol. The molecule has 1 N–H and O–H groups in total. The van der Waals surface area contributed by atoms with E-state index in [1.165, 1.54) is 11.8 Å². The average molecular weight is 292 g/mol. The van der Waals surface area contributed by atoms with Crippen LogP contribution in [0.25, 0.3) is 0 Å². The number of methoxy groups -OCH3 is 1. The highest BCUT2D eigenvalue weighted by molar-refractivity contribution is 7.99. The third-order valence-electron chi connectivity index (χ3n) is 3.22. The van der Waals surface area contributed by atoms with E-state index in [0.717, 1.165) is 28.5 Å². The van der Waals surface area contributed by atoms with E-state index in [2.05, 4.69) is 15.5 Å². The molecule has 1 aliphatic rings. The number of aromatic nitrogens is 4. The van der Waals surface area contributed by atoms with Gasteiger partial charge in [-0.05, 0) is 54.1 Å². The first-order valence-corrected chi connectivity index (χ1v) is 7.33. The molecule has 1 heterocycles. The molecule has 7 heteroatoms. The molecule has 1 unspecified atom stereocenters. The molecule has 0 amide bonds. The van der Waals surface area contributed by atoms with E-state index in [4.69, 9.17) is 4.74 Å². The fourth-order valence-corrected chi connectivity index (χ4v) is 3.18. The van der Waals surface area contributed by atoms with Crippen molar-refractivity contribution in [2.45, 2.75) is 42.0 Å². The van der Waals surface area contributed by atoms with Gasteiger partial charge in [0.05, 0.1) is 19.3 Å². The van der Waals surface area contributed by atoms with Crippen LogP contribution in [0, 0.1) is 0 Å². The first-order chi connectivity index (χ1) is 9.70. The summed E-state index contributed by atoms with van der Waals surface area (Å²) in [6.07, 6.45) is 1.64. The zero-order valence-corrected chi connectivity index (χ0v) is 12.2. The van der Waals surface area contributed by atoms with Crippen molar-refractivity contribution >= 4 is 11.8 Å². The first-order valence-electron chi connectivity index (χ1n) is 6.51. The van der Waals surface area contributed by atoms with Gasteiger partial charge in [-0.1, -0.05) is 6.07 Å². The van der Waals surface area contributed by atoms with Gasteiger partial charge in [-0.25, -0.2) is 4.68 Å². The number of hydrogen-bond donors (Lipinski definition) is 1. The van der Waals surface area contributed by atoms with Crippen LogP contribution in [0.4, 0.5) is 0 Å². The Kier molecular flexibility index (Phi) is 3.62. The molecule has 0 radical (unpaired) electrons. The molecule has 0 saturated heterocycles. The third kappa shape index (κ3) is 2.51. The number of tetrazole rings is 1. The maximum atomic E-state index is 9.98. The summed E-state index contributed by atoms with van der Waals surface area (Å²) in [4.78, 5) is 0.913. The largest absolute Gasteiger partial charge is 0.496 e. The Labute approximate surface area is 121 Å². The standard InChI is InChI=1S/C13H16N4O2S/c1-8(18)12-10(19-2)4-3-5-11(12)20-13-14-15-16-17(13)9-6-7-9/h3-5,8-9,18H,6-7H2,1-2H3. The van der Waals surface area contributed by atoms with Gasteiger partial charge in [0.25, 0.3) is 0 Å². The summed E-state index contributed by atoms with van der Waals surface area (Å²) in [6, 6.07) is 6.11. The summed E-state index contributed by atoms with van der Waals surface area (Å²) >= 11 is 1.46. The molecule has 20 heavy (non-hydrogen) atoms. The molecule has 1 fully saturated rings. The summed E-state index contributed by atoms with van der Waals surface area (Å²) in [5.41, 5.74) is 0.769. The SMILES string of the molecule is COc1cccc(Sc2nnnn2C2CC2)c1C(C)O.